The van der Waals surface area contributed by atoms with Crippen molar-refractivity contribution in [1.82, 2.24) is 14.5 Å². The maximum atomic E-state index is 12.8. The number of aromatic nitrogens is 2. The molecule has 0 atom stereocenters. The van der Waals surface area contributed by atoms with Crippen molar-refractivity contribution in [2.45, 2.75) is 5.16 Å². The van der Waals surface area contributed by atoms with Crippen LogP contribution in [0.3, 0.4) is 0 Å². The molecule has 0 saturated heterocycles. The summed E-state index contributed by atoms with van der Waals surface area (Å²) in [5.74, 6) is 0.221. The SMILES string of the molecule is CN(C)C(=O)CSc1nc2sccc2c(=O)n1-c1ccccc1. The Morgan fingerprint density at radius 2 is 2.00 bits per heavy atom. The molecule has 5 nitrogen and oxygen atoms in total. The maximum Gasteiger partial charge on any atom is 0.267 e. The molecule has 1 amide bonds. The molecule has 1 aromatic carbocycles. The van der Waals surface area contributed by atoms with Gasteiger partial charge in [-0.05, 0) is 23.6 Å². The van der Waals surface area contributed by atoms with Gasteiger partial charge in [-0.2, -0.15) is 0 Å². The number of thioether (sulfide) groups is 1. The lowest BCUT2D eigenvalue weighted by Gasteiger charge is -2.13. The standard InChI is InChI=1S/C16H15N3O2S2/c1-18(2)13(20)10-23-16-17-14-12(8-9-22-14)15(21)19(16)11-6-4-3-5-7-11/h3-9H,10H2,1-2H3. The van der Waals surface area contributed by atoms with E-state index in [1.54, 1.807) is 24.7 Å². The van der Waals surface area contributed by atoms with Crippen molar-refractivity contribution in [2.75, 3.05) is 19.8 Å². The summed E-state index contributed by atoms with van der Waals surface area (Å²) in [7, 11) is 3.42. The molecule has 0 bridgehead atoms. The summed E-state index contributed by atoms with van der Waals surface area (Å²) in [5, 5.41) is 2.99. The zero-order valence-electron chi connectivity index (χ0n) is 12.7. The second-order valence-electron chi connectivity index (χ2n) is 5.09. The Labute approximate surface area is 141 Å². The van der Waals surface area contributed by atoms with E-state index in [0.29, 0.717) is 15.4 Å². The predicted molar refractivity (Wildman–Crippen MR) is 94.6 cm³/mol. The van der Waals surface area contributed by atoms with Crippen LogP contribution in [-0.2, 0) is 4.79 Å². The molecule has 7 heteroatoms. The van der Waals surface area contributed by atoms with Crippen LogP contribution in [0.5, 0.6) is 0 Å². The second kappa shape index (κ2) is 6.55. The van der Waals surface area contributed by atoms with Gasteiger partial charge in [0.2, 0.25) is 5.91 Å². The lowest BCUT2D eigenvalue weighted by Crippen LogP contribution is -2.25. The van der Waals surface area contributed by atoms with Crippen LogP contribution in [0.15, 0.2) is 51.7 Å². The van der Waals surface area contributed by atoms with Gasteiger partial charge in [-0.15, -0.1) is 11.3 Å². The quantitative estimate of drug-likeness (QED) is 0.539. The average Bonchev–Trinajstić information content (AvgIpc) is 3.02. The Morgan fingerprint density at radius 3 is 2.70 bits per heavy atom. The minimum atomic E-state index is -0.109. The number of benzene rings is 1. The summed E-state index contributed by atoms with van der Waals surface area (Å²) in [4.78, 5) is 31.5. The highest BCUT2D eigenvalue weighted by molar-refractivity contribution is 7.99. The number of hydrogen-bond donors (Lipinski definition) is 0. The second-order valence-corrected chi connectivity index (χ2v) is 6.92. The van der Waals surface area contributed by atoms with E-state index in [-0.39, 0.29) is 17.2 Å². The van der Waals surface area contributed by atoms with Crippen LogP contribution in [0.2, 0.25) is 0 Å². The molecule has 0 aliphatic carbocycles. The third-order valence-corrected chi connectivity index (χ3v) is 5.03. The molecule has 3 rings (SSSR count). The van der Waals surface area contributed by atoms with Gasteiger partial charge in [0.1, 0.15) is 4.83 Å². The van der Waals surface area contributed by atoms with Crippen molar-refractivity contribution in [1.29, 1.82) is 0 Å². The summed E-state index contributed by atoms with van der Waals surface area (Å²) in [6, 6.07) is 11.2. The molecular weight excluding hydrogens is 330 g/mol. The highest BCUT2D eigenvalue weighted by Crippen LogP contribution is 2.23. The highest BCUT2D eigenvalue weighted by atomic mass is 32.2. The number of hydrogen-bond acceptors (Lipinski definition) is 5. The molecule has 0 spiro atoms. The van der Waals surface area contributed by atoms with E-state index >= 15 is 0 Å². The highest BCUT2D eigenvalue weighted by Gasteiger charge is 2.15. The van der Waals surface area contributed by atoms with E-state index in [9.17, 15) is 9.59 Å². The smallest absolute Gasteiger partial charge is 0.267 e. The Balaban J connectivity index is 2.11. The summed E-state index contributed by atoms with van der Waals surface area (Å²) < 4.78 is 1.57. The number of para-hydroxylation sites is 1. The maximum absolute atomic E-state index is 12.8. The van der Waals surface area contributed by atoms with Gasteiger partial charge in [-0.3, -0.25) is 14.2 Å². The first-order chi connectivity index (χ1) is 11.1. The van der Waals surface area contributed by atoms with E-state index in [0.717, 1.165) is 5.69 Å². The molecule has 0 saturated carbocycles. The van der Waals surface area contributed by atoms with Crippen molar-refractivity contribution in [2.24, 2.45) is 0 Å². The van der Waals surface area contributed by atoms with Gasteiger partial charge in [0.15, 0.2) is 5.16 Å². The van der Waals surface area contributed by atoms with E-state index in [1.807, 2.05) is 35.7 Å². The van der Waals surface area contributed by atoms with Crippen molar-refractivity contribution in [3.63, 3.8) is 0 Å². The summed E-state index contributed by atoms with van der Waals surface area (Å²) in [5.41, 5.74) is 0.639. The van der Waals surface area contributed by atoms with Gasteiger partial charge in [0.05, 0.1) is 16.8 Å². The fraction of sp³-hybridized carbons (Fsp3) is 0.188. The van der Waals surface area contributed by atoms with Gasteiger partial charge in [-0.1, -0.05) is 30.0 Å². The molecule has 0 aliphatic heterocycles. The topological polar surface area (TPSA) is 55.2 Å². The van der Waals surface area contributed by atoms with Gasteiger partial charge >= 0.3 is 0 Å². The number of thiophene rings is 1. The first kappa shape index (κ1) is 15.8. The van der Waals surface area contributed by atoms with E-state index < -0.39 is 0 Å². The molecule has 0 radical (unpaired) electrons. The van der Waals surface area contributed by atoms with Crippen molar-refractivity contribution < 1.29 is 4.79 Å². The Hall–Kier alpha value is -2.12. The van der Waals surface area contributed by atoms with Gasteiger partial charge in [-0.25, -0.2) is 4.98 Å². The van der Waals surface area contributed by atoms with Crippen LogP contribution in [0.1, 0.15) is 0 Å². The number of fused-ring (bicyclic) bond motifs is 1. The van der Waals surface area contributed by atoms with Gasteiger partial charge in [0, 0.05) is 14.1 Å². The average molecular weight is 345 g/mol. The fourth-order valence-electron chi connectivity index (χ4n) is 2.05. The number of carbonyl (C=O) groups is 1. The van der Waals surface area contributed by atoms with Crippen LogP contribution in [0.4, 0.5) is 0 Å². The van der Waals surface area contributed by atoms with Crippen LogP contribution < -0.4 is 5.56 Å². The van der Waals surface area contributed by atoms with Gasteiger partial charge in [0.25, 0.3) is 5.56 Å². The molecule has 0 aliphatic rings. The summed E-state index contributed by atoms with van der Waals surface area (Å²) in [6.07, 6.45) is 0. The fourth-order valence-corrected chi connectivity index (χ4v) is 3.85. The van der Waals surface area contributed by atoms with E-state index in [2.05, 4.69) is 4.98 Å². The molecular formula is C16H15N3O2S2. The van der Waals surface area contributed by atoms with Crippen molar-refractivity contribution >= 4 is 39.2 Å². The van der Waals surface area contributed by atoms with Crippen LogP contribution >= 0.6 is 23.1 Å². The first-order valence-corrected chi connectivity index (χ1v) is 8.83. The minimum Gasteiger partial charge on any atom is -0.348 e. The molecule has 0 fully saturated rings. The summed E-state index contributed by atoms with van der Waals surface area (Å²) in [6.45, 7) is 0. The third kappa shape index (κ3) is 3.16. The normalized spacial score (nSPS) is 10.9. The van der Waals surface area contributed by atoms with Crippen LogP contribution in [0, 0.1) is 0 Å². The molecule has 2 aromatic heterocycles. The lowest BCUT2D eigenvalue weighted by molar-refractivity contribution is -0.125. The lowest BCUT2D eigenvalue weighted by atomic mass is 10.3. The summed E-state index contributed by atoms with van der Waals surface area (Å²) >= 11 is 2.71. The van der Waals surface area contributed by atoms with Crippen molar-refractivity contribution in [3.05, 3.63) is 52.1 Å². The number of rotatable bonds is 4. The Morgan fingerprint density at radius 1 is 1.26 bits per heavy atom. The molecule has 0 unspecified atom stereocenters. The molecule has 23 heavy (non-hydrogen) atoms. The molecule has 0 N–H and O–H groups in total. The zero-order valence-corrected chi connectivity index (χ0v) is 14.4. The first-order valence-electron chi connectivity index (χ1n) is 6.96. The Kier molecular flexibility index (Phi) is 4.49. The monoisotopic (exact) mass is 345 g/mol. The Bertz CT molecular complexity index is 901. The van der Waals surface area contributed by atoms with E-state index in [1.165, 1.54) is 28.0 Å². The molecule has 118 valence electrons. The molecule has 3 aromatic rings. The minimum absolute atomic E-state index is 0.0184. The van der Waals surface area contributed by atoms with Crippen LogP contribution in [-0.4, -0.2) is 40.2 Å². The van der Waals surface area contributed by atoms with Crippen molar-refractivity contribution in [3.8, 4) is 5.69 Å². The van der Waals surface area contributed by atoms with E-state index in [4.69, 9.17) is 0 Å². The number of nitrogens with zero attached hydrogens (tertiary/aromatic N) is 3. The third-order valence-electron chi connectivity index (χ3n) is 3.30. The van der Waals surface area contributed by atoms with Gasteiger partial charge < -0.3 is 4.90 Å². The number of carbonyl (C=O) groups excluding carboxylic acids is 1. The molecule has 2 heterocycles. The zero-order chi connectivity index (χ0) is 16.4. The largest absolute Gasteiger partial charge is 0.348 e. The van der Waals surface area contributed by atoms with Crippen LogP contribution in [0.25, 0.3) is 15.9 Å². The number of amides is 1. The predicted octanol–water partition coefficient (Wildman–Crippen LogP) is 2.63.